The third-order valence-corrected chi connectivity index (χ3v) is 4.74. The van der Waals surface area contributed by atoms with Gasteiger partial charge < -0.3 is 9.72 Å². The second kappa shape index (κ2) is 6.93. The number of carbonyl (C=O) groups excluding carboxylic acids is 1. The molecule has 3 aromatic rings. The second-order valence-corrected chi connectivity index (χ2v) is 6.95. The van der Waals surface area contributed by atoms with Gasteiger partial charge in [-0.05, 0) is 60.8 Å². The Morgan fingerprint density at radius 3 is 2.88 bits per heavy atom. The molecule has 0 unspecified atom stereocenters. The maximum Gasteiger partial charge on any atom is 0.289 e. The normalized spacial score (nSPS) is 12.7. The van der Waals surface area contributed by atoms with Gasteiger partial charge in [-0.1, -0.05) is 17.7 Å². The maximum absolute atomic E-state index is 12.2. The van der Waals surface area contributed by atoms with Crippen molar-refractivity contribution in [1.82, 2.24) is 20.2 Å². The Morgan fingerprint density at radius 2 is 2.00 bits per heavy atom. The Hall–Kier alpha value is -2.64. The van der Waals surface area contributed by atoms with Gasteiger partial charge in [0.25, 0.3) is 5.91 Å². The van der Waals surface area contributed by atoms with Gasteiger partial charge in [0, 0.05) is 29.2 Å². The van der Waals surface area contributed by atoms with E-state index in [-0.39, 0.29) is 11.6 Å². The van der Waals surface area contributed by atoms with Crippen LogP contribution in [0.3, 0.4) is 0 Å². The number of pyridine rings is 1. The van der Waals surface area contributed by atoms with Crippen LogP contribution in [0.4, 0.5) is 5.69 Å². The van der Waals surface area contributed by atoms with Gasteiger partial charge in [-0.25, -0.2) is 4.98 Å². The number of rotatable bonds is 2. The molecule has 26 heavy (non-hydrogen) atoms. The molecule has 132 valence electrons. The molecule has 0 atom stereocenters. The lowest BCUT2D eigenvalue weighted by molar-refractivity contribution is 0.0940. The van der Waals surface area contributed by atoms with Gasteiger partial charge in [0.1, 0.15) is 11.3 Å². The standard InChI is InChI=1S/C18H16ClN5OS/c19-13-6-7-24-10-15(21-16(24)9-13)17(25)22-23-18(26)20-14-5-4-11-2-1-3-12(11)8-14/h4-10H,1-3H2,(H,22,25)(H2,20,23,26). The quantitative estimate of drug-likeness (QED) is 0.467. The zero-order valence-electron chi connectivity index (χ0n) is 13.8. The van der Waals surface area contributed by atoms with Crippen LogP contribution in [0.1, 0.15) is 28.0 Å². The van der Waals surface area contributed by atoms with Crippen LogP contribution in [-0.4, -0.2) is 20.4 Å². The number of anilines is 1. The van der Waals surface area contributed by atoms with Crippen LogP contribution in [0, 0.1) is 0 Å². The van der Waals surface area contributed by atoms with Gasteiger partial charge in [-0.15, -0.1) is 0 Å². The number of amides is 1. The molecule has 0 saturated carbocycles. The molecule has 0 fully saturated rings. The molecule has 1 aliphatic rings. The molecule has 0 spiro atoms. The monoisotopic (exact) mass is 385 g/mol. The van der Waals surface area contributed by atoms with Crippen LogP contribution in [-0.2, 0) is 12.8 Å². The summed E-state index contributed by atoms with van der Waals surface area (Å²) in [4.78, 5) is 16.5. The summed E-state index contributed by atoms with van der Waals surface area (Å²) in [5.74, 6) is -0.386. The van der Waals surface area contributed by atoms with Crippen molar-refractivity contribution in [1.29, 1.82) is 0 Å². The lowest BCUT2D eigenvalue weighted by Gasteiger charge is -2.12. The first-order valence-electron chi connectivity index (χ1n) is 8.22. The summed E-state index contributed by atoms with van der Waals surface area (Å²) in [6.45, 7) is 0. The number of carbonyl (C=O) groups is 1. The zero-order valence-corrected chi connectivity index (χ0v) is 15.3. The fourth-order valence-corrected chi connectivity index (χ4v) is 3.38. The predicted molar refractivity (Wildman–Crippen MR) is 105 cm³/mol. The minimum absolute atomic E-state index is 0.264. The van der Waals surface area contributed by atoms with Crippen molar-refractivity contribution in [2.45, 2.75) is 19.3 Å². The van der Waals surface area contributed by atoms with E-state index in [1.54, 1.807) is 28.9 Å². The van der Waals surface area contributed by atoms with Crippen LogP contribution in [0.15, 0.2) is 42.7 Å². The van der Waals surface area contributed by atoms with Crippen LogP contribution in [0.25, 0.3) is 5.65 Å². The van der Waals surface area contributed by atoms with E-state index in [2.05, 4.69) is 33.3 Å². The highest BCUT2D eigenvalue weighted by atomic mass is 35.5. The van der Waals surface area contributed by atoms with E-state index < -0.39 is 0 Å². The SMILES string of the molecule is O=C(NNC(=S)Nc1ccc2c(c1)CCC2)c1cn2ccc(Cl)cc2n1. The average molecular weight is 386 g/mol. The Bertz CT molecular complexity index is 1020. The summed E-state index contributed by atoms with van der Waals surface area (Å²) in [5.41, 5.74) is 9.76. The number of benzene rings is 1. The summed E-state index contributed by atoms with van der Waals surface area (Å²) in [5, 5.41) is 3.95. The fraction of sp³-hybridized carbons (Fsp3) is 0.167. The summed E-state index contributed by atoms with van der Waals surface area (Å²) in [6.07, 6.45) is 6.80. The van der Waals surface area contributed by atoms with Gasteiger partial charge in [0.05, 0.1) is 0 Å². The van der Waals surface area contributed by atoms with Crippen molar-refractivity contribution in [2.75, 3.05) is 5.32 Å². The highest BCUT2D eigenvalue weighted by Gasteiger charge is 2.13. The van der Waals surface area contributed by atoms with E-state index in [4.69, 9.17) is 23.8 Å². The Labute approximate surface area is 160 Å². The highest BCUT2D eigenvalue weighted by molar-refractivity contribution is 7.80. The number of fused-ring (bicyclic) bond motifs is 2. The first-order valence-corrected chi connectivity index (χ1v) is 9.00. The van der Waals surface area contributed by atoms with Gasteiger partial charge in [-0.2, -0.15) is 0 Å². The lowest BCUT2D eigenvalue weighted by Crippen LogP contribution is -2.43. The molecule has 0 radical (unpaired) electrons. The van der Waals surface area contributed by atoms with Crippen LogP contribution < -0.4 is 16.2 Å². The molecular formula is C18H16ClN5OS. The summed E-state index contributed by atoms with van der Waals surface area (Å²) >= 11 is 11.2. The molecule has 1 aromatic carbocycles. The minimum Gasteiger partial charge on any atom is -0.331 e. The number of imidazole rings is 1. The van der Waals surface area contributed by atoms with Crippen molar-refractivity contribution < 1.29 is 4.79 Å². The molecule has 0 saturated heterocycles. The van der Waals surface area contributed by atoms with Gasteiger partial charge in [0.2, 0.25) is 0 Å². The second-order valence-electron chi connectivity index (χ2n) is 6.11. The summed E-state index contributed by atoms with van der Waals surface area (Å²) in [6, 6.07) is 9.63. The number of halogens is 1. The molecule has 1 amide bonds. The number of thiocarbonyl (C=S) groups is 1. The fourth-order valence-electron chi connectivity index (χ4n) is 3.06. The predicted octanol–water partition coefficient (Wildman–Crippen LogP) is 3.11. The molecule has 8 heteroatoms. The summed E-state index contributed by atoms with van der Waals surface area (Å²) < 4.78 is 1.72. The van der Waals surface area contributed by atoms with Crippen molar-refractivity contribution >= 4 is 46.2 Å². The number of aryl methyl sites for hydroxylation is 2. The average Bonchev–Trinajstić information content (AvgIpc) is 3.25. The van der Waals surface area contributed by atoms with Crippen molar-refractivity contribution in [3.05, 3.63) is 64.6 Å². The van der Waals surface area contributed by atoms with E-state index in [0.29, 0.717) is 15.8 Å². The Morgan fingerprint density at radius 1 is 1.15 bits per heavy atom. The number of hydrazine groups is 1. The number of nitrogens with zero attached hydrogens (tertiary/aromatic N) is 2. The molecule has 0 aliphatic heterocycles. The highest BCUT2D eigenvalue weighted by Crippen LogP contribution is 2.24. The summed E-state index contributed by atoms with van der Waals surface area (Å²) in [7, 11) is 0. The molecule has 3 N–H and O–H groups in total. The number of nitrogens with one attached hydrogen (secondary N) is 3. The zero-order chi connectivity index (χ0) is 18.1. The molecular weight excluding hydrogens is 370 g/mol. The first kappa shape index (κ1) is 16.8. The smallest absolute Gasteiger partial charge is 0.289 e. The van der Waals surface area contributed by atoms with Crippen LogP contribution in [0.5, 0.6) is 0 Å². The van der Waals surface area contributed by atoms with E-state index in [9.17, 15) is 4.79 Å². The lowest BCUT2D eigenvalue weighted by atomic mass is 10.1. The molecule has 2 heterocycles. The van der Waals surface area contributed by atoms with E-state index in [1.807, 2.05) is 6.07 Å². The molecule has 4 rings (SSSR count). The Kier molecular flexibility index (Phi) is 4.48. The van der Waals surface area contributed by atoms with Crippen molar-refractivity contribution in [3.63, 3.8) is 0 Å². The van der Waals surface area contributed by atoms with Gasteiger partial charge in [0.15, 0.2) is 5.11 Å². The van der Waals surface area contributed by atoms with Crippen molar-refractivity contribution in [2.24, 2.45) is 0 Å². The number of aromatic nitrogens is 2. The maximum atomic E-state index is 12.2. The largest absolute Gasteiger partial charge is 0.331 e. The van der Waals surface area contributed by atoms with Crippen LogP contribution >= 0.6 is 23.8 Å². The molecule has 6 nitrogen and oxygen atoms in total. The van der Waals surface area contributed by atoms with Crippen LogP contribution in [0.2, 0.25) is 5.02 Å². The molecule has 1 aliphatic carbocycles. The number of hydrogen-bond donors (Lipinski definition) is 3. The molecule has 0 bridgehead atoms. The molecule has 2 aromatic heterocycles. The third kappa shape index (κ3) is 3.49. The van der Waals surface area contributed by atoms with Crippen molar-refractivity contribution in [3.8, 4) is 0 Å². The topological polar surface area (TPSA) is 70.5 Å². The number of hydrogen-bond acceptors (Lipinski definition) is 3. The van der Waals surface area contributed by atoms with E-state index in [0.717, 1.165) is 18.5 Å². The minimum atomic E-state index is -0.386. The van der Waals surface area contributed by atoms with E-state index >= 15 is 0 Å². The Balaban J connectivity index is 1.36. The van der Waals surface area contributed by atoms with Gasteiger partial charge >= 0.3 is 0 Å². The first-order chi connectivity index (χ1) is 12.6. The van der Waals surface area contributed by atoms with Gasteiger partial charge in [-0.3, -0.25) is 15.6 Å². The third-order valence-electron chi connectivity index (χ3n) is 4.30. The van der Waals surface area contributed by atoms with E-state index in [1.165, 1.54) is 17.5 Å².